The van der Waals surface area contributed by atoms with Crippen LogP contribution in [0.4, 0.5) is 0 Å². The van der Waals surface area contributed by atoms with Gasteiger partial charge in [0.25, 0.3) is 0 Å². The molecule has 1 aliphatic carbocycles. The fourth-order valence-corrected chi connectivity index (χ4v) is 0.814. The summed E-state index contributed by atoms with van der Waals surface area (Å²) in [5.74, 6) is -1.75. The number of carboxylic acids is 1. The van der Waals surface area contributed by atoms with E-state index in [2.05, 4.69) is 5.32 Å². The summed E-state index contributed by atoms with van der Waals surface area (Å²) >= 11 is 0. The summed E-state index contributed by atoms with van der Waals surface area (Å²) in [5, 5.41) is 19.4. The zero-order valence-corrected chi connectivity index (χ0v) is 6.99. The topological polar surface area (TPSA) is 113 Å². The first-order valence-electron chi connectivity index (χ1n) is 3.94. The molecule has 5 N–H and O–H groups in total. The molecule has 1 atom stereocenters. The summed E-state index contributed by atoms with van der Waals surface area (Å²) in [6.07, 6.45) is -0.337. The Kier molecular flexibility index (Phi) is 2.53. The van der Waals surface area contributed by atoms with Crippen molar-refractivity contribution in [2.24, 2.45) is 5.73 Å². The van der Waals surface area contributed by atoms with Crippen molar-refractivity contribution in [3.05, 3.63) is 0 Å². The summed E-state index contributed by atoms with van der Waals surface area (Å²) in [4.78, 5) is 21.3. The average Bonchev–Trinajstić information content (AvgIpc) is 2.79. The molecular weight excluding hydrogens is 176 g/mol. The first-order chi connectivity index (χ1) is 5.96. The quantitative estimate of drug-likeness (QED) is 0.409. The van der Waals surface area contributed by atoms with Crippen LogP contribution >= 0.6 is 0 Å². The maximum absolute atomic E-state index is 11.1. The predicted octanol–water partition coefficient (Wildman–Crippen LogP) is -1.96. The predicted molar refractivity (Wildman–Crippen MR) is 42.8 cm³/mol. The Morgan fingerprint density at radius 2 is 2.08 bits per heavy atom. The third-order valence-electron chi connectivity index (χ3n) is 1.98. The lowest BCUT2D eigenvalue weighted by Crippen LogP contribution is -2.46. The number of aliphatic hydroxyl groups is 1. The largest absolute Gasteiger partial charge is 0.479 e. The molecule has 1 unspecified atom stereocenters. The molecule has 0 aromatic heterocycles. The van der Waals surface area contributed by atoms with Crippen molar-refractivity contribution in [2.45, 2.75) is 24.5 Å². The van der Waals surface area contributed by atoms with Crippen LogP contribution in [0.15, 0.2) is 0 Å². The van der Waals surface area contributed by atoms with Gasteiger partial charge in [-0.25, -0.2) is 4.79 Å². The van der Waals surface area contributed by atoms with Crippen molar-refractivity contribution in [3.8, 4) is 0 Å². The Bertz CT molecular complexity index is 237. The van der Waals surface area contributed by atoms with Gasteiger partial charge in [0, 0.05) is 0 Å². The number of rotatable bonds is 4. The molecule has 1 amide bonds. The van der Waals surface area contributed by atoms with E-state index in [9.17, 15) is 9.59 Å². The molecule has 1 rings (SSSR count). The SMILES string of the molecule is NC1(C(=O)NCC(O)C(=O)O)CC1. The highest BCUT2D eigenvalue weighted by Gasteiger charge is 2.45. The number of aliphatic carboxylic acids is 1. The van der Waals surface area contributed by atoms with E-state index in [0.29, 0.717) is 12.8 Å². The number of hydrogen-bond acceptors (Lipinski definition) is 4. The van der Waals surface area contributed by atoms with Crippen molar-refractivity contribution in [3.63, 3.8) is 0 Å². The van der Waals surface area contributed by atoms with E-state index >= 15 is 0 Å². The Morgan fingerprint density at radius 1 is 1.54 bits per heavy atom. The Balaban J connectivity index is 2.26. The number of hydrogen-bond donors (Lipinski definition) is 4. The maximum atomic E-state index is 11.1. The van der Waals surface area contributed by atoms with E-state index in [1.165, 1.54) is 0 Å². The zero-order valence-electron chi connectivity index (χ0n) is 6.99. The zero-order chi connectivity index (χ0) is 10.1. The molecule has 6 nitrogen and oxygen atoms in total. The molecule has 6 heteroatoms. The molecule has 0 heterocycles. The fraction of sp³-hybridized carbons (Fsp3) is 0.714. The van der Waals surface area contributed by atoms with Gasteiger partial charge in [-0.2, -0.15) is 0 Å². The van der Waals surface area contributed by atoms with Gasteiger partial charge in [0.2, 0.25) is 5.91 Å². The normalized spacial score (nSPS) is 20.5. The minimum atomic E-state index is -1.56. The number of aliphatic hydroxyl groups excluding tert-OH is 1. The second kappa shape index (κ2) is 3.31. The highest BCUT2D eigenvalue weighted by atomic mass is 16.4. The Hall–Kier alpha value is -1.14. The van der Waals surface area contributed by atoms with Crippen LogP contribution in [0.3, 0.4) is 0 Å². The van der Waals surface area contributed by atoms with Crippen molar-refractivity contribution in [1.29, 1.82) is 0 Å². The first kappa shape index (κ1) is 9.94. The van der Waals surface area contributed by atoms with Crippen molar-refractivity contribution < 1.29 is 19.8 Å². The summed E-state index contributed by atoms with van der Waals surface area (Å²) in [7, 11) is 0. The van der Waals surface area contributed by atoms with E-state index < -0.39 is 23.5 Å². The molecule has 0 bridgehead atoms. The number of carbonyl (C=O) groups is 2. The van der Waals surface area contributed by atoms with E-state index in [4.69, 9.17) is 15.9 Å². The maximum Gasteiger partial charge on any atom is 0.334 e. The minimum Gasteiger partial charge on any atom is -0.479 e. The van der Waals surface area contributed by atoms with Crippen LogP contribution in [0.5, 0.6) is 0 Å². The summed E-state index contributed by atoms with van der Waals surface area (Å²) in [6, 6.07) is 0. The lowest BCUT2D eigenvalue weighted by atomic mass is 10.2. The molecule has 1 aliphatic rings. The number of nitrogens with two attached hydrogens (primary N) is 1. The lowest BCUT2D eigenvalue weighted by Gasteiger charge is -2.11. The van der Waals surface area contributed by atoms with Crippen molar-refractivity contribution in [2.75, 3.05) is 6.54 Å². The van der Waals surface area contributed by atoms with Gasteiger partial charge in [0.1, 0.15) is 0 Å². The van der Waals surface area contributed by atoms with Crippen LogP contribution in [-0.2, 0) is 9.59 Å². The minimum absolute atomic E-state index is 0.298. The van der Waals surface area contributed by atoms with Gasteiger partial charge in [-0.05, 0) is 12.8 Å². The van der Waals surface area contributed by atoms with Gasteiger partial charge in [-0.3, -0.25) is 4.79 Å². The van der Waals surface area contributed by atoms with Gasteiger partial charge < -0.3 is 21.3 Å². The molecule has 0 aliphatic heterocycles. The van der Waals surface area contributed by atoms with Crippen LogP contribution in [0.1, 0.15) is 12.8 Å². The molecule has 0 radical (unpaired) electrons. The van der Waals surface area contributed by atoms with Crippen LogP contribution in [0.25, 0.3) is 0 Å². The molecule has 0 aromatic rings. The highest BCUT2D eigenvalue weighted by molar-refractivity contribution is 5.89. The van der Waals surface area contributed by atoms with E-state index in [1.807, 2.05) is 0 Å². The molecule has 13 heavy (non-hydrogen) atoms. The van der Waals surface area contributed by atoms with E-state index in [0.717, 1.165) is 0 Å². The van der Waals surface area contributed by atoms with E-state index in [1.54, 1.807) is 0 Å². The molecule has 0 spiro atoms. The van der Waals surface area contributed by atoms with Gasteiger partial charge >= 0.3 is 5.97 Å². The monoisotopic (exact) mass is 188 g/mol. The molecule has 0 aromatic carbocycles. The smallest absolute Gasteiger partial charge is 0.334 e. The molecule has 1 saturated carbocycles. The Labute approximate surface area is 74.7 Å². The van der Waals surface area contributed by atoms with Crippen LogP contribution < -0.4 is 11.1 Å². The number of nitrogens with one attached hydrogen (secondary N) is 1. The molecule has 1 fully saturated rings. The summed E-state index contributed by atoms with van der Waals surface area (Å²) < 4.78 is 0. The third-order valence-corrected chi connectivity index (χ3v) is 1.98. The fourth-order valence-electron chi connectivity index (χ4n) is 0.814. The lowest BCUT2D eigenvalue weighted by molar-refractivity contribution is -0.146. The van der Waals surface area contributed by atoms with Gasteiger partial charge in [0.05, 0.1) is 12.1 Å². The van der Waals surface area contributed by atoms with Crippen LogP contribution in [0, 0.1) is 0 Å². The van der Waals surface area contributed by atoms with Crippen LogP contribution in [0.2, 0.25) is 0 Å². The highest BCUT2D eigenvalue weighted by Crippen LogP contribution is 2.31. The van der Waals surface area contributed by atoms with Gasteiger partial charge in [0.15, 0.2) is 6.10 Å². The molecule has 0 saturated heterocycles. The van der Waals surface area contributed by atoms with E-state index in [-0.39, 0.29) is 6.54 Å². The second-order valence-corrected chi connectivity index (χ2v) is 3.22. The second-order valence-electron chi connectivity index (χ2n) is 3.22. The average molecular weight is 188 g/mol. The standard InChI is InChI=1S/C7H12N2O4/c8-7(1-2-7)6(13)9-3-4(10)5(11)12/h4,10H,1-3,8H2,(H,9,13)(H,11,12). The number of amides is 1. The van der Waals surface area contributed by atoms with Crippen molar-refractivity contribution in [1.82, 2.24) is 5.32 Å². The Morgan fingerprint density at radius 3 is 2.46 bits per heavy atom. The van der Waals surface area contributed by atoms with Crippen LogP contribution in [-0.4, -0.2) is 40.3 Å². The summed E-state index contributed by atoms with van der Waals surface area (Å²) in [6.45, 7) is -0.298. The van der Waals surface area contributed by atoms with Gasteiger partial charge in [-0.1, -0.05) is 0 Å². The third kappa shape index (κ3) is 2.40. The number of carboxylic acid groups (broad SMARTS) is 1. The molecular formula is C7H12N2O4. The summed E-state index contributed by atoms with van der Waals surface area (Å²) in [5.41, 5.74) is 4.69. The van der Waals surface area contributed by atoms with Gasteiger partial charge in [-0.15, -0.1) is 0 Å². The molecule has 74 valence electrons. The van der Waals surface area contributed by atoms with Crippen molar-refractivity contribution >= 4 is 11.9 Å². The number of carbonyl (C=O) groups excluding carboxylic acids is 1. The first-order valence-corrected chi connectivity index (χ1v) is 3.94.